The fourth-order valence-electron chi connectivity index (χ4n) is 1.66. The Morgan fingerprint density at radius 1 is 1.15 bits per heavy atom. The average molecular weight is 171 g/mol. The standard InChI is InChI=1S/C12H13N/c13-12-9-5-4-8-11(12)10-6-2-1-3-7-10/h1-6,8-10H,7,13H2. The van der Waals surface area contributed by atoms with E-state index in [9.17, 15) is 0 Å². The number of allylic oxidation sites excluding steroid dienone is 4. The second-order valence-electron chi connectivity index (χ2n) is 3.28. The monoisotopic (exact) mass is 171 g/mol. The van der Waals surface area contributed by atoms with Crippen LogP contribution in [0.4, 0.5) is 5.69 Å². The first-order valence-electron chi connectivity index (χ1n) is 4.55. The molecular weight excluding hydrogens is 158 g/mol. The van der Waals surface area contributed by atoms with Crippen LogP contribution in [0.15, 0.2) is 48.6 Å². The molecule has 0 saturated carbocycles. The molecule has 1 atom stereocenters. The van der Waals surface area contributed by atoms with Crippen molar-refractivity contribution in [1.29, 1.82) is 0 Å². The zero-order valence-electron chi connectivity index (χ0n) is 7.48. The molecule has 1 unspecified atom stereocenters. The first-order valence-corrected chi connectivity index (χ1v) is 4.55. The van der Waals surface area contributed by atoms with Crippen molar-refractivity contribution in [3.8, 4) is 0 Å². The Balaban J connectivity index is 2.30. The van der Waals surface area contributed by atoms with E-state index in [1.165, 1.54) is 5.56 Å². The first kappa shape index (κ1) is 8.11. The molecule has 66 valence electrons. The minimum Gasteiger partial charge on any atom is -0.398 e. The molecule has 2 rings (SSSR count). The first-order chi connectivity index (χ1) is 6.38. The van der Waals surface area contributed by atoms with Gasteiger partial charge in [-0.05, 0) is 18.1 Å². The van der Waals surface area contributed by atoms with Gasteiger partial charge in [0.2, 0.25) is 0 Å². The molecule has 1 heteroatoms. The van der Waals surface area contributed by atoms with E-state index >= 15 is 0 Å². The number of para-hydroxylation sites is 1. The van der Waals surface area contributed by atoms with Gasteiger partial charge in [0.05, 0.1) is 0 Å². The summed E-state index contributed by atoms with van der Waals surface area (Å²) in [7, 11) is 0. The number of hydrogen-bond donors (Lipinski definition) is 1. The van der Waals surface area contributed by atoms with Crippen molar-refractivity contribution in [1.82, 2.24) is 0 Å². The molecule has 0 amide bonds. The lowest BCUT2D eigenvalue weighted by Gasteiger charge is -2.15. The lowest BCUT2D eigenvalue weighted by molar-refractivity contribution is 0.857. The van der Waals surface area contributed by atoms with Crippen molar-refractivity contribution < 1.29 is 0 Å². The second kappa shape index (κ2) is 3.48. The van der Waals surface area contributed by atoms with Crippen LogP contribution in [0.25, 0.3) is 0 Å². The van der Waals surface area contributed by atoms with Crippen LogP contribution in [0.2, 0.25) is 0 Å². The Kier molecular flexibility index (Phi) is 2.17. The molecule has 1 aromatic carbocycles. The predicted molar refractivity (Wildman–Crippen MR) is 56.5 cm³/mol. The van der Waals surface area contributed by atoms with Crippen LogP contribution in [0.5, 0.6) is 0 Å². The van der Waals surface area contributed by atoms with Gasteiger partial charge in [-0.2, -0.15) is 0 Å². The van der Waals surface area contributed by atoms with Crippen molar-refractivity contribution in [2.24, 2.45) is 0 Å². The van der Waals surface area contributed by atoms with E-state index in [1.807, 2.05) is 18.2 Å². The van der Waals surface area contributed by atoms with E-state index in [2.05, 4.69) is 30.4 Å². The van der Waals surface area contributed by atoms with Crippen LogP contribution in [0, 0.1) is 0 Å². The third-order valence-corrected chi connectivity index (χ3v) is 2.38. The quantitative estimate of drug-likeness (QED) is 0.646. The number of nitrogens with two attached hydrogens (primary N) is 1. The Labute approximate surface area is 78.6 Å². The van der Waals surface area contributed by atoms with Crippen molar-refractivity contribution in [2.45, 2.75) is 12.3 Å². The van der Waals surface area contributed by atoms with Gasteiger partial charge >= 0.3 is 0 Å². The highest BCUT2D eigenvalue weighted by Gasteiger charge is 2.10. The van der Waals surface area contributed by atoms with Gasteiger partial charge in [-0.1, -0.05) is 42.5 Å². The minimum absolute atomic E-state index is 0.464. The Bertz CT molecular complexity index is 350. The van der Waals surface area contributed by atoms with Crippen molar-refractivity contribution >= 4 is 5.69 Å². The number of rotatable bonds is 1. The summed E-state index contributed by atoms with van der Waals surface area (Å²) in [4.78, 5) is 0. The van der Waals surface area contributed by atoms with Gasteiger partial charge in [-0.3, -0.25) is 0 Å². The fraction of sp³-hybridized carbons (Fsp3) is 0.167. The van der Waals surface area contributed by atoms with Crippen molar-refractivity contribution in [3.63, 3.8) is 0 Å². The molecule has 0 spiro atoms. The summed E-state index contributed by atoms with van der Waals surface area (Å²) in [5, 5.41) is 0. The molecule has 1 aromatic rings. The number of hydrogen-bond acceptors (Lipinski definition) is 1. The lowest BCUT2D eigenvalue weighted by atomic mass is 9.91. The van der Waals surface area contributed by atoms with E-state index < -0.39 is 0 Å². The molecule has 1 nitrogen and oxygen atoms in total. The molecule has 0 bridgehead atoms. The Hall–Kier alpha value is -1.50. The van der Waals surface area contributed by atoms with Gasteiger partial charge in [0, 0.05) is 11.6 Å². The van der Waals surface area contributed by atoms with E-state index in [-0.39, 0.29) is 0 Å². The van der Waals surface area contributed by atoms with Crippen LogP contribution in [-0.2, 0) is 0 Å². The second-order valence-corrected chi connectivity index (χ2v) is 3.28. The highest BCUT2D eigenvalue weighted by atomic mass is 14.6. The SMILES string of the molecule is Nc1ccccc1C1C=CC=CC1. The smallest absolute Gasteiger partial charge is 0.0352 e. The van der Waals surface area contributed by atoms with Crippen LogP contribution in [0.3, 0.4) is 0 Å². The van der Waals surface area contributed by atoms with E-state index in [4.69, 9.17) is 5.73 Å². The van der Waals surface area contributed by atoms with Gasteiger partial charge in [0.15, 0.2) is 0 Å². The molecule has 0 fully saturated rings. The summed E-state index contributed by atoms with van der Waals surface area (Å²) < 4.78 is 0. The topological polar surface area (TPSA) is 26.0 Å². The average Bonchev–Trinajstić information content (AvgIpc) is 2.20. The predicted octanol–water partition coefficient (Wildman–Crippen LogP) is 2.87. The van der Waals surface area contributed by atoms with E-state index in [0.29, 0.717) is 5.92 Å². The molecule has 0 aliphatic heterocycles. The maximum atomic E-state index is 5.89. The highest BCUT2D eigenvalue weighted by Crippen LogP contribution is 2.28. The normalized spacial score (nSPS) is 20.5. The minimum atomic E-state index is 0.464. The Morgan fingerprint density at radius 3 is 2.69 bits per heavy atom. The summed E-state index contributed by atoms with van der Waals surface area (Å²) in [6.07, 6.45) is 9.60. The third kappa shape index (κ3) is 1.64. The van der Waals surface area contributed by atoms with Gasteiger partial charge in [0.25, 0.3) is 0 Å². The Morgan fingerprint density at radius 2 is 2.00 bits per heavy atom. The fourth-order valence-corrected chi connectivity index (χ4v) is 1.66. The molecule has 1 aliphatic carbocycles. The summed E-state index contributed by atoms with van der Waals surface area (Å²) in [6.45, 7) is 0. The summed E-state index contributed by atoms with van der Waals surface area (Å²) in [6, 6.07) is 8.07. The summed E-state index contributed by atoms with van der Waals surface area (Å²) >= 11 is 0. The van der Waals surface area contributed by atoms with Crippen LogP contribution >= 0.6 is 0 Å². The molecule has 0 radical (unpaired) electrons. The molecule has 0 aromatic heterocycles. The maximum absolute atomic E-state index is 5.89. The zero-order chi connectivity index (χ0) is 9.10. The van der Waals surface area contributed by atoms with Gasteiger partial charge < -0.3 is 5.73 Å². The van der Waals surface area contributed by atoms with Crippen molar-refractivity contribution in [3.05, 3.63) is 54.1 Å². The number of nitrogen functional groups attached to an aromatic ring is 1. The number of benzene rings is 1. The molecule has 1 aliphatic rings. The molecule has 0 heterocycles. The highest BCUT2D eigenvalue weighted by molar-refractivity contribution is 5.50. The molecule has 13 heavy (non-hydrogen) atoms. The summed E-state index contributed by atoms with van der Waals surface area (Å²) in [5.74, 6) is 0.464. The van der Waals surface area contributed by atoms with E-state index in [1.54, 1.807) is 0 Å². The van der Waals surface area contributed by atoms with Gasteiger partial charge in [0.1, 0.15) is 0 Å². The maximum Gasteiger partial charge on any atom is 0.0352 e. The zero-order valence-corrected chi connectivity index (χ0v) is 7.48. The molecule has 0 saturated heterocycles. The van der Waals surface area contributed by atoms with Crippen molar-refractivity contribution in [2.75, 3.05) is 5.73 Å². The lowest BCUT2D eigenvalue weighted by Crippen LogP contribution is -2.00. The third-order valence-electron chi connectivity index (χ3n) is 2.38. The largest absolute Gasteiger partial charge is 0.398 e. The van der Waals surface area contributed by atoms with Crippen LogP contribution in [-0.4, -0.2) is 0 Å². The molecule has 2 N–H and O–H groups in total. The van der Waals surface area contributed by atoms with Gasteiger partial charge in [-0.25, -0.2) is 0 Å². The van der Waals surface area contributed by atoms with Crippen LogP contribution < -0.4 is 5.73 Å². The van der Waals surface area contributed by atoms with Gasteiger partial charge in [-0.15, -0.1) is 0 Å². The van der Waals surface area contributed by atoms with Crippen LogP contribution in [0.1, 0.15) is 17.9 Å². The number of anilines is 1. The van der Waals surface area contributed by atoms with E-state index in [0.717, 1.165) is 12.1 Å². The molecular formula is C12H13N. The summed E-state index contributed by atoms with van der Waals surface area (Å²) in [5.41, 5.74) is 8.03.